The van der Waals surface area contributed by atoms with E-state index in [1.807, 2.05) is 6.07 Å². The summed E-state index contributed by atoms with van der Waals surface area (Å²) < 4.78 is 14.0. The minimum absolute atomic E-state index is 0.280. The summed E-state index contributed by atoms with van der Waals surface area (Å²) in [7, 11) is 0. The van der Waals surface area contributed by atoms with Crippen molar-refractivity contribution in [1.82, 2.24) is 15.0 Å². The fraction of sp³-hybridized carbons (Fsp3) is 0. The Morgan fingerprint density at radius 2 is 2.12 bits per heavy atom. The van der Waals surface area contributed by atoms with E-state index in [0.717, 1.165) is 9.99 Å². The molecule has 0 bridgehead atoms. The number of hydrogen-bond acceptors (Lipinski definition) is 2. The summed E-state index contributed by atoms with van der Waals surface area (Å²) in [6.07, 6.45) is 1.68. The predicted octanol–water partition coefficient (Wildman–Crippen LogP) is 3.53. The van der Waals surface area contributed by atoms with Crippen molar-refractivity contribution in [2.24, 2.45) is 0 Å². The largest absolute Gasteiger partial charge is 0.337 e. The van der Waals surface area contributed by atoms with Gasteiger partial charge in [-0.05, 0) is 34.1 Å². The molecule has 1 aromatic carbocycles. The number of halogens is 2. The number of rotatable bonds is 1. The lowest BCUT2D eigenvalue weighted by Gasteiger charge is -1.95. The van der Waals surface area contributed by atoms with Crippen LogP contribution in [-0.2, 0) is 0 Å². The minimum Gasteiger partial charge on any atom is -0.337 e. The summed E-state index contributed by atoms with van der Waals surface area (Å²) in [4.78, 5) is 11.6. The topological polar surface area (TPSA) is 41.6 Å². The van der Waals surface area contributed by atoms with E-state index in [-0.39, 0.29) is 5.82 Å². The Labute approximate surface area is 105 Å². The van der Waals surface area contributed by atoms with Gasteiger partial charge in [0, 0.05) is 16.2 Å². The van der Waals surface area contributed by atoms with Gasteiger partial charge in [0.2, 0.25) is 0 Å². The lowest BCUT2D eigenvalue weighted by molar-refractivity contribution is 0.628. The molecule has 0 aliphatic carbocycles. The highest BCUT2D eigenvalue weighted by atomic mass is 79.9. The molecule has 5 heteroatoms. The summed E-state index contributed by atoms with van der Waals surface area (Å²) in [6.45, 7) is 0. The summed E-state index contributed by atoms with van der Waals surface area (Å²) in [5.74, 6) is 0.335. The Balaban J connectivity index is 2.18. The van der Waals surface area contributed by atoms with Crippen molar-refractivity contribution in [3.8, 4) is 11.4 Å². The molecule has 17 heavy (non-hydrogen) atoms. The van der Waals surface area contributed by atoms with E-state index in [0.29, 0.717) is 17.0 Å². The van der Waals surface area contributed by atoms with Crippen molar-refractivity contribution in [2.45, 2.75) is 0 Å². The van der Waals surface area contributed by atoms with Gasteiger partial charge in [-0.3, -0.25) is 0 Å². The molecular weight excluding hydrogens is 285 g/mol. The Bertz CT molecular complexity index is 693. The number of hydrogen-bond donors (Lipinski definition) is 1. The zero-order valence-corrected chi connectivity index (χ0v) is 10.2. The molecule has 84 valence electrons. The lowest BCUT2D eigenvalue weighted by Crippen LogP contribution is -1.81. The number of pyridine rings is 1. The summed E-state index contributed by atoms with van der Waals surface area (Å²) >= 11 is 3.34. The van der Waals surface area contributed by atoms with Gasteiger partial charge in [-0.25, -0.2) is 14.4 Å². The van der Waals surface area contributed by atoms with Gasteiger partial charge >= 0.3 is 0 Å². The van der Waals surface area contributed by atoms with Crippen LogP contribution >= 0.6 is 15.9 Å². The van der Waals surface area contributed by atoms with Crippen molar-refractivity contribution in [2.75, 3.05) is 0 Å². The average Bonchev–Trinajstić information content (AvgIpc) is 2.72. The molecule has 3 nitrogen and oxygen atoms in total. The highest BCUT2D eigenvalue weighted by Gasteiger charge is 2.07. The monoisotopic (exact) mass is 291 g/mol. The molecule has 0 aliphatic rings. The second-order valence-corrected chi connectivity index (χ2v) is 4.54. The lowest BCUT2D eigenvalue weighted by atomic mass is 10.2. The molecule has 0 spiro atoms. The minimum atomic E-state index is -0.280. The van der Waals surface area contributed by atoms with Crippen molar-refractivity contribution in [3.05, 3.63) is 46.8 Å². The van der Waals surface area contributed by atoms with Gasteiger partial charge in [0.25, 0.3) is 0 Å². The Hall–Kier alpha value is -1.75. The van der Waals surface area contributed by atoms with Crippen molar-refractivity contribution in [1.29, 1.82) is 0 Å². The highest BCUT2D eigenvalue weighted by Crippen LogP contribution is 2.21. The van der Waals surface area contributed by atoms with Gasteiger partial charge in [-0.2, -0.15) is 0 Å². The van der Waals surface area contributed by atoms with Crippen LogP contribution in [0.5, 0.6) is 0 Å². The number of aromatic nitrogens is 3. The third kappa shape index (κ3) is 1.93. The maximum Gasteiger partial charge on any atom is 0.178 e. The summed E-state index contributed by atoms with van der Waals surface area (Å²) in [6, 6.07) is 8.18. The normalized spacial score (nSPS) is 10.9. The second kappa shape index (κ2) is 3.92. The molecule has 0 amide bonds. The molecule has 0 saturated carbocycles. The third-order valence-electron chi connectivity index (χ3n) is 2.40. The average molecular weight is 292 g/mol. The molecule has 2 aromatic heterocycles. The first kappa shape index (κ1) is 10.4. The van der Waals surface area contributed by atoms with Crippen LogP contribution in [0.25, 0.3) is 22.6 Å². The van der Waals surface area contributed by atoms with E-state index in [2.05, 4.69) is 30.9 Å². The van der Waals surface area contributed by atoms with E-state index < -0.39 is 0 Å². The Kier molecular flexibility index (Phi) is 2.40. The van der Waals surface area contributed by atoms with Crippen LogP contribution in [0.3, 0.4) is 0 Å². The molecule has 2 heterocycles. The first-order valence-electron chi connectivity index (χ1n) is 4.99. The van der Waals surface area contributed by atoms with Crippen LogP contribution in [0.15, 0.2) is 41.0 Å². The van der Waals surface area contributed by atoms with Gasteiger partial charge < -0.3 is 4.98 Å². The second-order valence-electron chi connectivity index (χ2n) is 3.62. The molecule has 0 atom stereocenters. The van der Waals surface area contributed by atoms with Crippen molar-refractivity contribution >= 4 is 27.1 Å². The maximum atomic E-state index is 13.1. The van der Waals surface area contributed by atoms with E-state index in [9.17, 15) is 4.39 Å². The zero-order valence-electron chi connectivity index (χ0n) is 8.61. The van der Waals surface area contributed by atoms with Gasteiger partial charge in [0.05, 0.1) is 5.52 Å². The van der Waals surface area contributed by atoms with Crippen LogP contribution in [0.4, 0.5) is 4.39 Å². The number of nitrogens with zero attached hydrogens (tertiary/aromatic N) is 2. The van der Waals surface area contributed by atoms with Crippen molar-refractivity contribution in [3.63, 3.8) is 0 Å². The molecule has 0 unspecified atom stereocenters. The Morgan fingerprint density at radius 1 is 1.24 bits per heavy atom. The number of aromatic amines is 1. The fourth-order valence-electron chi connectivity index (χ4n) is 1.65. The van der Waals surface area contributed by atoms with E-state index in [1.165, 1.54) is 12.1 Å². The number of imidazole rings is 1. The molecule has 3 rings (SSSR count). The number of fused-ring (bicyclic) bond motifs is 1. The third-order valence-corrected chi connectivity index (χ3v) is 2.84. The van der Waals surface area contributed by atoms with Crippen LogP contribution in [0, 0.1) is 5.82 Å². The molecule has 0 fully saturated rings. The quantitative estimate of drug-likeness (QED) is 0.745. The van der Waals surface area contributed by atoms with E-state index in [1.54, 1.807) is 18.3 Å². The van der Waals surface area contributed by atoms with Crippen LogP contribution in [0.1, 0.15) is 0 Å². The van der Waals surface area contributed by atoms with E-state index >= 15 is 0 Å². The van der Waals surface area contributed by atoms with Gasteiger partial charge in [-0.15, -0.1) is 0 Å². The first-order chi connectivity index (χ1) is 8.22. The number of benzene rings is 1. The summed E-state index contributed by atoms with van der Waals surface area (Å²) in [5, 5.41) is 0. The zero-order chi connectivity index (χ0) is 11.8. The molecule has 0 aliphatic heterocycles. The standard InChI is InChI=1S/C12H7BrFN3/c13-8-5-10-12(15-6-8)17-11(16-10)7-2-1-3-9(14)4-7/h1-6H,(H,15,16,17). The highest BCUT2D eigenvalue weighted by molar-refractivity contribution is 9.10. The fourth-order valence-corrected chi connectivity index (χ4v) is 1.98. The molecular formula is C12H7BrFN3. The van der Waals surface area contributed by atoms with Crippen LogP contribution < -0.4 is 0 Å². The van der Waals surface area contributed by atoms with E-state index in [4.69, 9.17) is 0 Å². The SMILES string of the molecule is Fc1cccc(-c2nc3ncc(Br)cc3[nH]2)c1. The maximum absolute atomic E-state index is 13.1. The molecule has 3 aromatic rings. The van der Waals surface area contributed by atoms with Gasteiger partial charge in [-0.1, -0.05) is 12.1 Å². The smallest absolute Gasteiger partial charge is 0.178 e. The molecule has 1 N–H and O–H groups in total. The molecule has 0 radical (unpaired) electrons. The molecule has 0 saturated heterocycles. The van der Waals surface area contributed by atoms with Gasteiger partial charge in [0.1, 0.15) is 11.6 Å². The van der Waals surface area contributed by atoms with Gasteiger partial charge in [0.15, 0.2) is 5.65 Å². The predicted molar refractivity (Wildman–Crippen MR) is 67.0 cm³/mol. The number of H-pyrrole nitrogens is 1. The Morgan fingerprint density at radius 3 is 2.94 bits per heavy atom. The first-order valence-corrected chi connectivity index (χ1v) is 5.79. The van der Waals surface area contributed by atoms with Crippen molar-refractivity contribution < 1.29 is 4.39 Å². The van der Waals surface area contributed by atoms with Crippen LogP contribution in [0.2, 0.25) is 0 Å². The van der Waals surface area contributed by atoms with Crippen LogP contribution in [-0.4, -0.2) is 15.0 Å². The number of nitrogens with one attached hydrogen (secondary N) is 1. The summed E-state index contributed by atoms with van der Waals surface area (Å²) in [5.41, 5.74) is 2.14.